The van der Waals surface area contributed by atoms with E-state index in [1.54, 1.807) is 0 Å². The van der Waals surface area contributed by atoms with Crippen molar-refractivity contribution in [3.8, 4) is 0 Å². The van der Waals surface area contributed by atoms with E-state index < -0.39 is 0 Å². The minimum absolute atomic E-state index is 0.753. The van der Waals surface area contributed by atoms with Crippen molar-refractivity contribution < 1.29 is 0 Å². The molecule has 11 heavy (non-hydrogen) atoms. The highest BCUT2D eigenvalue weighted by molar-refractivity contribution is 4.50. The van der Waals surface area contributed by atoms with E-state index >= 15 is 0 Å². The zero-order valence-electron chi connectivity index (χ0n) is 8.48. The molecule has 0 aliphatic heterocycles. The maximum absolute atomic E-state index is 5.31. The molecule has 0 aliphatic carbocycles. The molecule has 0 rings (SSSR count). The molecule has 0 fully saturated rings. The highest BCUT2D eigenvalue weighted by Crippen LogP contribution is 1.86. The Kier molecular flexibility index (Phi) is 15.4. The topological polar surface area (TPSA) is 38.0 Å². The van der Waals surface area contributed by atoms with E-state index in [1.165, 1.54) is 0 Å². The zero-order chi connectivity index (χ0) is 9.11. The van der Waals surface area contributed by atoms with Gasteiger partial charge in [-0.05, 0) is 32.0 Å². The van der Waals surface area contributed by atoms with Gasteiger partial charge in [0.2, 0.25) is 0 Å². The van der Waals surface area contributed by atoms with Gasteiger partial charge in [0, 0.05) is 0 Å². The van der Waals surface area contributed by atoms with Crippen LogP contribution in [0.5, 0.6) is 0 Å². The molecule has 0 saturated carbocycles. The highest BCUT2D eigenvalue weighted by Gasteiger charge is 1.89. The van der Waals surface area contributed by atoms with Gasteiger partial charge in [-0.2, -0.15) is 0 Å². The second-order valence-corrected chi connectivity index (χ2v) is 2.74. The third kappa shape index (κ3) is 17.8. The van der Waals surface area contributed by atoms with Crippen LogP contribution >= 0.6 is 0 Å². The van der Waals surface area contributed by atoms with Crippen LogP contribution in [0.4, 0.5) is 0 Å². The standard InChI is InChI=1S/C7H18N2.C2H6/c1-7(2)6-9-5-3-4-8;1-2/h7,9H,3-6,8H2,1-2H3;1-2H3. The van der Waals surface area contributed by atoms with Crippen molar-refractivity contribution in [1.82, 2.24) is 5.32 Å². The molecule has 3 N–H and O–H groups in total. The quantitative estimate of drug-likeness (QED) is 0.600. The molecular formula is C9H24N2. The maximum Gasteiger partial charge on any atom is -0.00258 e. The van der Waals surface area contributed by atoms with Gasteiger partial charge < -0.3 is 11.1 Å². The zero-order valence-corrected chi connectivity index (χ0v) is 8.48. The van der Waals surface area contributed by atoms with Crippen LogP contribution in [-0.2, 0) is 0 Å². The van der Waals surface area contributed by atoms with Crippen LogP contribution in [0.3, 0.4) is 0 Å². The van der Waals surface area contributed by atoms with Crippen LogP contribution < -0.4 is 11.1 Å². The van der Waals surface area contributed by atoms with Gasteiger partial charge in [-0.3, -0.25) is 0 Å². The average molecular weight is 160 g/mol. The lowest BCUT2D eigenvalue weighted by atomic mass is 10.2. The average Bonchev–Trinajstić information content (AvgIpc) is 2.02. The Morgan fingerprint density at radius 2 is 1.82 bits per heavy atom. The minimum atomic E-state index is 0.753. The van der Waals surface area contributed by atoms with Crippen molar-refractivity contribution in [2.75, 3.05) is 19.6 Å². The van der Waals surface area contributed by atoms with E-state index in [-0.39, 0.29) is 0 Å². The maximum atomic E-state index is 5.31. The molecule has 0 spiro atoms. The van der Waals surface area contributed by atoms with Gasteiger partial charge in [0.15, 0.2) is 0 Å². The summed E-state index contributed by atoms with van der Waals surface area (Å²) in [5, 5.41) is 3.31. The van der Waals surface area contributed by atoms with Crippen molar-refractivity contribution in [1.29, 1.82) is 0 Å². The summed E-state index contributed by atoms with van der Waals surface area (Å²) in [4.78, 5) is 0. The largest absolute Gasteiger partial charge is 0.330 e. The first-order valence-electron chi connectivity index (χ1n) is 4.68. The molecule has 0 atom stereocenters. The monoisotopic (exact) mass is 160 g/mol. The van der Waals surface area contributed by atoms with E-state index in [0.717, 1.165) is 32.0 Å². The van der Waals surface area contributed by atoms with Crippen LogP contribution in [0.25, 0.3) is 0 Å². The molecule has 0 saturated heterocycles. The number of hydrogen-bond donors (Lipinski definition) is 2. The molecule has 2 nitrogen and oxygen atoms in total. The van der Waals surface area contributed by atoms with Gasteiger partial charge in [-0.25, -0.2) is 0 Å². The Balaban J connectivity index is 0. The molecule has 0 unspecified atom stereocenters. The fraction of sp³-hybridized carbons (Fsp3) is 1.00. The van der Waals surface area contributed by atoms with E-state index in [2.05, 4.69) is 19.2 Å². The highest BCUT2D eigenvalue weighted by atomic mass is 14.9. The molecule has 0 aromatic rings. The second kappa shape index (κ2) is 12.6. The molecule has 0 amide bonds. The number of nitrogens with two attached hydrogens (primary N) is 1. The fourth-order valence-electron chi connectivity index (χ4n) is 0.618. The van der Waals surface area contributed by atoms with Crippen LogP contribution in [0.1, 0.15) is 34.1 Å². The summed E-state index contributed by atoms with van der Waals surface area (Å²) >= 11 is 0. The number of nitrogens with one attached hydrogen (secondary N) is 1. The fourth-order valence-corrected chi connectivity index (χ4v) is 0.618. The van der Waals surface area contributed by atoms with Crippen molar-refractivity contribution in [3.63, 3.8) is 0 Å². The molecule has 0 radical (unpaired) electrons. The molecular weight excluding hydrogens is 136 g/mol. The Labute approximate surface area is 71.6 Å². The molecule has 0 heterocycles. The molecule has 0 aromatic heterocycles. The van der Waals surface area contributed by atoms with Crippen LogP contribution in [0.15, 0.2) is 0 Å². The summed E-state index contributed by atoms with van der Waals surface area (Å²) < 4.78 is 0. The smallest absolute Gasteiger partial charge is 0.00258 e. The molecule has 0 aliphatic rings. The minimum Gasteiger partial charge on any atom is -0.330 e. The normalized spacial score (nSPS) is 9.27. The van der Waals surface area contributed by atoms with E-state index in [4.69, 9.17) is 5.73 Å². The van der Waals surface area contributed by atoms with Gasteiger partial charge in [0.25, 0.3) is 0 Å². The summed E-state index contributed by atoms with van der Waals surface area (Å²) in [5.41, 5.74) is 5.31. The predicted octanol–water partition coefficient (Wildman–Crippen LogP) is 1.61. The van der Waals surface area contributed by atoms with Crippen molar-refractivity contribution >= 4 is 0 Å². The van der Waals surface area contributed by atoms with Crippen molar-refractivity contribution in [2.24, 2.45) is 11.7 Å². The third-order valence-corrected chi connectivity index (χ3v) is 1.11. The first kappa shape index (κ1) is 13.5. The molecule has 2 heteroatoms. The second-order valence-electron chi connectivity index (χ2n) is 2.74. The van der Waals surface area contributed by atoms with Gasteiger partial charge in [0.05, 0.1) is 0 Å². The van der Waals surface area contributed by atoms with Crippen molar-refractivity contribution in [3.05, 3.63) is 0 Å². The van der Waals surface area contributed by atoms with Gasteiger partial charge in [-0.15, -0.1) is 0 Å². The van der Waals surface area contributed by atoms with Gasteiger partial charge >= 0.3 is 0 Å². The summed E-state index contributed by atoms with van der Waals surface area (Å²) in [6, 6.07) is 0. The number of rotatable bonds is 5. The third-order valence-electron chi connectivity index (χ3n) is 1.11. The first-order valence-corrected chi connectivity index (χ1v) is 4.68. The van der Waals surface area contributed by atoms with Gasteiger partial charge in [-0.1, -0.05) is 27.7 Å². The summed E-state index contributed by atoms with van der Waals surface area (Å²) in [6.45, 7) is 11.4. The predicted molar refractivity (Wildman–Crippen MR) is 52.7 cm³/mol. The summed E-state index contributed by atoms with van der Waals surface area (Å²) in [7, 11) is 0. The van der Waals surface area contributed by atoms with Crippen LogP contribution in [0, 0.1) is 5.92 Å². The summed E-state index contributed by atoms with van der Waals surface area (Å²) in [5.74, 6) is 0.753. The summed E-state index contributed by atoms with van der Waals surface area (Å²) in [6.07, 6.45) is 1.09. The molecule has 70 valence electrons. The molecule has 0 aromatic carbocycles. The van der Waals surface area contributed by atoms with E-state index in [9.17, 15) is 0 Å². The SMILES string of the molecule is CC.CC(C)CNCCCN. The lowest BCUT2D eigenvalue weighted by molar-refractivity contribution is 0.545. The van der Waals surface area contributed by atoms with E-state index in [0.29, 0.717) is 0 Å². The van der Waals surface area contributed by atoms with Crippen molar-refractivity contribution in [2.45, 2.75) is 34.1 Å². The molecule has 0 bridgehead atoms. The Bertz CT molecular complexity index is 53.5. The Morgan fingerprint density at radius 3 is 2.18 bits per heavy atom. The van der Waals surface area contributed by atoms with E-state index in [1.807, 2.05) is 13.8 Å². The number of hydrogen-bond acceptors (Lipinski definition) is 2. The first-order chi connectivity index (χ1) is 5.27. The lowest BCUT2D eigenvalue weighted by Gasteiger charge is -2.05. The van der Waals surface area contributed by atoms with Crippen LogP contribution in [-0.4, -0.2) is 19.6 Å². The Hall–Kier alpha value is -0.0800. The van der Waals surface area contributed by atoms with Crippen LogP contribution in [0.2, 0.25) is 0 Å². The lowest BCUT2D eigenvalue weighted by Crippen LogP contribution is -2.22. The Morgan fingerprint density at radius 1 is 1.27 bits per heavy atom. The van der Waals surface area contributed by atoms with Gasteiger partial charge in [0.1, 0.15) is 0 Å².